The lowest BCUT2D eigenvalue weighted by molar-refractivity contribution is 0.311. The van der Waals surface area contributed by atoms with Gasteiger partial charge in [0.1, 0.15) is 11.6 Å². The Kier molecular flexibility index (Phi) is 5.38. The average Bonchev–Trinajstić information content (AvgIpc) is 3.18. The van der Waals surface area contributed by atoms with Gasteiger partial charge in [-0.1, -0.05) is 12.1 Å². The third-order valence-corrected chi connectivity index (χ3v) is 3.97. The van der Waals surface area contributed by atoms with E-state index in [0.717, 1.165) is 16.9 Å². The summed E-state index contributed by atoms with van der Waals surface area (Å²) in [5.41, 5.74) is 8.02. The fraction of sp³-hybridized carbons (Fsp3) is 0.263. The first-order chi connectivity index (χ1) is 12.7. The zero-order chi connectivity index (χ0) is 18.5. The van der Waals surface area contributed by atoms with Crippen molar-refractivity contribution < 1.29 is 14.2 Å². The number of aromatic amines is 1. The van der Waals surface area contributed by atoms with Crippen LogP contribution in [-0.4, -0.2) is 36.0 Å². The molecule has 3 aromatic rings. The molecular weight excluding hydrogens is 332 g/mol. The van der Waals surface area contributed by atoms with E-state index in [-0.39, 0.29) is 0 Å². The summed E-state index contributed by atoms with van der Waals surface area (Å²) in [6.07, 6.45) is 0. The Hall–Kier alpha value is -3.06. The second-order valence-corrected chi connectivity index (χ2v) is 5.60. The number of hydrogen-bond donors (Lipinski definition) is 2. The second-order valence-electron chi connectivity index (χ2n) is 5.60. The van der Waals surface area contributed by atoms with Gasteiger partial charge < -0.3 is 19.9 Å². The number of nitrogens with two attached hydrogens (primary N) is 1. The lowest BCUT2D eigenvalue weighted by atomic mass is 10.1. The highest BCUT2D eigenvalue weighted by Crippen LogP contribution is 2.32. The molecule has 0 bridgehead atoms. The van der Waals surface area contributed by atoms with Crippen LogP contribution in [-0.2, 0) is 0 Å². The fourth-order valence-electron chi connectivity index (χ4n) is 2.62. The predicted molar refractivity (Wildman–Crippen MR) is 98.6 cm³/mol. The Labute approximate surface area is 152 Å². The number of benzene rings is 2. The molecule has 0 aliphatic rings. The molecule has 0 aliphatic heterocycles. The number of aromatic nitrogens is 3. The van der Waals surface area contributed by atoms with E-state index in [2.05, 4.69) is 15.2 Å². The molecule has 0 aliphatic carbocycles. The standard InChI is InChI=1S/C19H22N4O3/c1-4-26-16-11-13(8-9-15(16)25-3)18-21-19(23-22-18)17(20)12-6-5-7-14(10-12)24-2/h5-11,17H,4,20H2,1-3H3,(H,21,22,23). The molecule has 7 heteroatoms. The first-order valence-corrected chi connectivity index (χ1v) is 8.29. The molecule has 0 saturated carbocycles. The topological polar surface area (TPSA) is 95.3 Å². The van der Waals surface area contributed by atoms with Gasteiger partial charge in [-0.05, 0) is 42.8 Å². The predicted octanol–water partition coefficient (Wildman–Crippen LogP) is 2.94. The summed E-state index contributed by atoms with van der Waals surface area (Å²) in [7, 11) is 3.23. The molecule has 1 atom stereocenters. The third kappa shape index (κ3) is 3.62. The molecule has 1 heterocycles. The van der Waals surface area contributed by atoms with E-state index in [4.69, 9.17) is 19.9 Å². The molecule has 0 saturated heterocycles. The van der Waals surface area contributed by atoms with Crippen molar-refractivity contribution in [3.8, 4) is 28.6 Å². The molecule has 1 aromatic heterocycles. The molecule has 136 valence electrons. The number of methoxy groups -OCH3 is 2. The van der Waals surface area contributed by atoms with Crippen LogP contribution in [0.3, 0.4) is 0 Å². The van der Waals surface area contributed by atoms with Crippen LogP contribution in [0.4, 0.5) is 0 Å². The Morgan fingerprint density at radius 2 is 1.92 bits per heavy atom. The number of nitrogens with zero attached hydrogens (tertiary/aromatic N) is 2. The van der Waals surface area contributed by atoms with Crippen molar-refractivity contribution in [3.63, 3.8) is 0 Å². The van der Waals surface area contributed by atoms with Crippen LogP contribution in [0.25, 0.3) is 11.4 Å². The molecule has 7 nitrogen and oxygen atoms in total. The van der Waals surface area contributed by atoms with Gasteiger partial charge in [0, 0.05) is 5.56 Å². The summed E-state index contributed by atoms with van der Waals surface area (Å²) in [6.45, 7) is 2.46. The SMILES string of the molecule is CCOc1cc(-c2n[nH]c(C(N)c3cccc(OC)c3)n2)ccc1OC. The van der Waals surface area contributed by atoms with Crippen LogP contribution in [0.1, 0.15) is 24.4 Å². The molecule has 0 spiro atoms. The fourth-order valence-corrected chi connectivity index (χ4v) is 2.62. The first kappa shape index (κ1) is 17.8. The van der Waals surface area contributed by atoms with Crippen molar-refractivity contribution in [2.24, 2.45) is 5.73 Å². The molecule has 3 rings (SSSR count). The molecule has 2 aromatic carbocycles. The summed E-state index contributed by atoms with van der Waals surface area (Å²) in [5.74, 6) is 3.17. The Morgan fingerprint density at radius 1 is 1.08 bits per heavy atom. The molecule has 0 fully saturated rings. The maximum absolute atomic E-state index is 6.32. The maximum Gasteiger partial charge on any atom is 0.181 e. The van der Waals surface area contributed by atoms with E-state index in [9.17, 15) is 0 Å². The van der Waals surface area contributed by atoms with Crippen molar-refractivity contribution in [2.45, 2.75) is 13.0 Å². The lowest BCUT2D eigenvalue weighted by Gasteiger charge is -2.10. The van der Waals surface area contributed by atoms with Crippen molar-refractivity contribution >= 4 is 0 Å². The number of hydrogen-bond acceptors (Lipinski definition) is 6. The summed E-state index contributed by atoms with van der Waals surface area (Å²) >= 11 is 0. The molecule has 1 unspecified atom stereocenters. The van der Waals surface area contributed by atoms with E-state index in [0.29, 0.717) is 29.8 Å². The highest BCUT2D eigenvalue weighted by molar-refractivity contribution is 5.61. The van der Waals surface area contributed by atoms with Gasteiger partial charge in [0.15, 0.2) is 17.3 Å². The van der Waals surface area contributed by atoms with Crippen LogP contribution in [0.15, 0.2) is 42.5 Å². The Balaban J connectivity index is 1.88. The van der Waals surface area contributed by atoms with Gasteiger partial charge in [-0.15, -0.1) is 0 Å². The summed E-state index contributed by atoms with van der Waals surface area (Å²) in [4.78, 5) is 4.54. The third-order valence-electron chi connectivity index (χ3n) is 3.97. The second kappa shape index (κ2) is 7.88. The largest absolute Gasteiger partial charge is 0.497 e. The van der Waals surface area contributed by atoms with Crippen molar-refractivity contribution in [1.82, 2.24) is 15.2 Å². The van der Waals surface area contributed by atoms with E-state index in [1.807, 2.05) is 49.4 Å². The zero-order valence-electron chi connectivity index (χ0n) is 15.0. The minimum Gasteiger partial charge on any atom is -0.497 e. The molecular formula is C19H22N4O3. The monoisotopic (exact) mass is 354 g/mol. The van der Waals surface area contributed by atoms with Crippen LogP contribution in [0.5, 0.6) is 17.2 Å². The van der Waals surface area contributed by atoms with E-state index >= 15 is 0 Å². The van der Waals surface area contributed by atoms with Crippen LogP contribution in [0, 0.1) is 0 Å². The summed E-state index contributed by atoms with van der Waals surface area (Å²) < 4.78 is 16.2. The van der Waals surface area contributed by atoms with Gasteiger partial charge in [-0.25, -0.2) is 4.98 Å². The van der Waals surface area contributed by atoms with Crippen LogP contribution >= 0.6 is 0 Å². The number of H-pyrrole nitrogens is 1. The summed E-state index contributed by atoms with van der Waals surface area (Å²) in [6, 6.07) is 12.7. The molecule has 3 N–H and O–H groups in total. The molecule has 0 radical (unpaired) electrons. The van der Waals surface area contributed by atoms with E-state index in [1.165, 1.54) is 0 Å². The molecule has 0 amide bonds. The van der Waals surface area contributed by atoms with Gasteiger partial charge in [-0.3, -0.25) is 5.10 Å². The van der Waals surface area contributed by atoms with Gasteiger partial charge in [0.05, 0.1) is 26.9 Å². The highest BCUT2D eigenvalue weighted by Gasteiger charge is 2.16. The smallest absolute Gasteiger partial charge is 0.181 e. The minimum atomic E-state index is -0.434. The van der Waals surface area contributed by atoms with Crippen LogP contribution < -0.4 is 19.9 Å². The van der Waals surface area contributed by atoms with Crippen molar-refractivity contribution in [3.05, 3.63) is 53.9 Å². The Bertz CT molecular complexity index is 879. The lowest BCUT2D eigenvalue weighted by Crippen LogP contribution is -2.13. The highest BCUT2D eigenvalue weighted by atomic mass is 16.5. The van der Waals surface area contributed by atoms with Gasteiger partial charge >= 0.3 is 0 Å². The number of nitrogens with one attached hydrogen (secondary N) is 1. The number of rotatable bonds is 7. The van der Waals surface area contributed by atoms with Crippen LogP contribution in [0.2, 0.25) is 0 Å². The number of ether oxygens (including phenoxy) is 3. The van der Waals surface area contributed by atoms with Gasteiger partial charge in [-0.2, -0.15) is 5.10 Å². The summed E-state index contributed by atoms with van der Waals surface area (Å²) in [5, 5.41) is 7.21. The maximum atomic E-state index is 6.32. The van der Waals surface area contributed by atoms with Gasteiger partial charge in [0.25, 0.3) is 0 Å². The first-order valence-electron chi connectivity index (χ1n) is 8.29. The zero-order valence-corrected chi connectivity index (χ0v) is 15.0. The molecule has 26 heavy (non-hydrogen) atoms. The minimum absolute atomic E-state index is 0.434. The van der Waals surface area contributed by atoms with Gasteiger partial charge in [0.2, 0.25) is 0 Å². The Morgan fingerprint density at radius 3 is 2.65 bits per heavy atom. The van der Waals surface area contributed by atoms with E-state index in [1.54, 1.807) is 14.2 Å². The normalized spacial score (nSPS) is 11.8. The average molecular weight is 354 g/mol. The van der Waals surface area contributed by atoms with Crippen molar-refractivity contribution in [2.75, 3.05) is 20.8 Å². The van der Waals surface area contributed by atoms with E-state index < -0.39 is 6.04 Å². The quantitative estimate of drug-likeness (QED) is 0.677. The van der Waals surface area contributed by atoms with Crippen molar-refractivity contribution in [1.29, 1.82) is 0 Å².